The summed E-state index contributed by atoms with van der Waals surface area (Å²) in [4.78, 5) is 18.7. The summed E-state index contributed by atoms with van der Waals surface area (Å²) in [5.41, 5.74) is 2.74. The SMILES string of the molecule is Cc1cccnc1C(=O)N1CCC(C)(c2ccn[nH]2)CC1. The molecule has 5 nitrogen and oxygen atoms in total. The predicted molar refractivity (Wildman–Crippen MR) is 80.1 cm³/mol. The average Bonchev–Trinajstić information content (AvgIpc) is 3.03. The first-order valence-corrected chi connectivity index (χ1v) is 7.31. The largest absolute Gasteiger partial charge is 0.337 e. The zero-order chi connectivity index (χ0) is 14.9. The van der Waals surface area contributed by atoms with E-state index in [1.165, 1.54) is 0 Å². The molecule has 1 aliphatic heterocycles. The van der Waals surface area contributed by atoms with E-state index in [4.69, 9.17) is 0 Å². The van der Waals surface area contributed by atoms with Gasteiger partial charge >= 0.3 is 0 Å². The van der Waals surface area contributed by atoms with Crippen molar-refractivity contribution in [2.45, 2.75) is 32.1 Å². The first-order valence-electron chi connectivity index (χ1n) is 7.31. The van der Waals surface area contributed by atoms with Gasteiger partial charge in [0.1, 0.15) is 5.69 Å². The fraction of sp³-hybridized carbons (Fsp3) is 0.438. The minimum atomic E-state index is 0.0414. The second-order valence-electron chi connectivity index (χ2n) is 5.99. The molecule has 0 bridgehead atoms. The van der Waals surface area contributed by atoms with Gasteiger partial charge in [0.05, 0.1) is 0 Å². The summed E-state index contributed by atoms with van der Waals surface area (Å²) in [6.45, 7) is 5.67. The molecular formula is C16H20N4O. The van der Waals surface area contributed by atoms with Gasteiger partial charge in [-0.2, -0.15) is 5.10 Å². The quantitative estimate of drug-likeness (QED) is 0.920. The molecule has 0 saturated carbocycles. The molecule has 0 unspecified atom stereocenters. The third-order valence-electron chi connectivity index (χ3n) is 4.52. The number of piperidine rings is 1. The summed E-state index contributed by atoms with van der Waals surface area (Å²) in [5.74, 6) is 0.0414. The number of pyridine rings is 1. The van der Waals surface area contributed by atoms with E-state index in [0.29, 0.717) is 5.69 Å². The summed E-state index contributed by atoms with van der Waals surface area (Å²) >= 11 is 0. The Hall–Kier alpha value is -2.17. The monoisotopic (exact) mass is 284 g/mol. The topological polar surface area (TPSA) is 61.9 Å². The van der Waals surface area contributed by atoms with Crippen LogP contribution in [0.5, 0.6) is 0 Å². The number of aromatic nitrogens is 3. The number of carbonyl (C=O) groups excluding carboxylic acids is 1. The second kappa shape index (κ2) is 5.31. The van der Waals surface area contributed by atoms with E-state index in [0.717, 1.165) is 37.2 Å². The van der Waals surface area contributed by atoms with Crippen molar-refractivity contribution in [1.29, 1.82) is 0 Å². The molecule has 2 aromatic rings. The summed E-state index contributed by atoms with van der Waals surface area (Å²) in [5, 5.41) is 7.11. The molecule has 0 atom stereocenters. The highest BCUT2D eigenvalue weighted by Gasteiger charge is 2.35. The lowest BCUT2D eigenvalue weighted by Crippen LogP contribution is -2.44. The van der Waals surface area contributed by atoms with Gasteiger partial charge < -0.3 is 4.90 Å². The van der Waals surface area contributed by atoms with Gasteiger partial charge in [0.15, 0.2) is 0 Å². The number of aryl methyl sites for hydroxylation is 1. The number of hydrogen-bond donors (Lipinski definition) is 1. The number of hydrogen-bond acceptors (Lipinski definition) is 3. The Morgan fingerprint density at radius 1 is 1.29 bits per heavy atom. The zero-order valence-electron chi connectivity index (χ0n) is 12.5. The maximum Gasteiger partial charge on any atom is 0.272 e. The van der Waals surface area contributed by atoms with E-state index in [-0.39, 0.29) is 11.3 Å². The lowest BCUT2D eigenvalue weighted by molar-refractivity contribution is 0.0667. The molecule has 1 amide bonds. The first-order chi connectivity index (χ1) is 10.1. The van der Waals surface area contributed by atoms with Crippen molar-refractivity contribution in [2.75, 3.05) is 13.1 Å². The van der Waals surface area contributed by atoms with Gasteiger partial charge in [-0.15, -0.1) is 0 Å². The lowest BCUT2D eigenvalue weighted by atomic mass is 9.77. The van der Waals surface area contributed by atoms with Gasteiger partial charge in [0.2, 0.25) is 0 Å². The summed E-state index contributed by atoms with van der Waals surface area (Å²) in [7, 11) is 0. The normalized spacial score (nSPS) is 17.7. The Labute approximate surface area is 124 Å². The van der Waals surface area contributed by atoms with Gasteiger partial charge in [0, 0.05) is 36.6 Å². The molecule has 0 spiro atoms. The van der Waals surface area contributed by atoms with Crippen molar-refractivity contribution in [3.05, 3.63) is 47.5 Å². The van der Waals surface area contributed by atoms with Crippen molar-refractivity contribution >= 4 is 5.91 Å². The van der Waals surface area contributed by atoms with Crippen molar-refractivity contribution < 1.29 is 4.79 Å². The van der Waals surface area contributed by atoms with Crippen LogP contribution in [0.15, 0.2) is 30.6 Å². The van der Waals surface area contributed by atoms with Gasteiger partial charge in [-0.25, -0.2) is 0 Å². The molecule has 2 aromatic heterocycles. The van der Waals surface area contributed by atoms with Gasteiger partial charge in [-0.3, -0.25) is 14.9 Å². The van der Waals surface area contributed by atoms with E-state index < -0.39 is 0 Å². The standard InChI is InChI=1S/C16H20N4O/c1-12-4-3-8-17-14(12)15(21)20-10-6-16(2,7-11-20)13-5-9-18-19-13/h3-5,8-9H,6-7,10-11H2,1-2H3,(H,18,19). The van der Waals surface area contributed by atoms with Crippen LogP contribution >= 0.6 is 0 Å². The minimum Gasteiger partial charge on any atom is -0.337 e. The highest BCUT2D eigenvalue weighted by molar-refractivity contribution is 5.93. The molecule has 3 heterocycles. The van der Waals surface area contributed by atoms with Gasteiger partial charge in [-0.05, 0) is 37.5 Å². The number of carbonyl (C=O) groups is 1. The number of nitrogens with one attached hydrogen (secondary N) is 1. The maximum atomic E-state index is 12.6. The fourth-order valence-corrected chi connectivity index (χ4v) is 2.92. The van der Waals surface area contributed by atoms with Crippen LogP contribution in [0, 0.1) is 6.92 Å². The lowest BCUT2D eigenvalue weighted by Gasteiger charge is -2.38. The molecule has 3 rings (SSSR count). The first kappa shape index (κ1) is 13.8. The van der Waals surface area contributed by atoms with Crippen LogP contribution in [0.25, 0.3) is 0 Å². The van der Waals surface area contributed by atoms with Crippen LogP contribution in [0.2, 0.25) is 0 Å². The number of aromatic amines is 1. The number of likely N-dealkylation sites (tertiary alicyclic amines) is 1. The molecule has 110 valence electrons. The van der Waals surface area contributed by atoms with Crippen molar-refractivity contribution in [3.8, 4) is 0 Å². The van der Waals surface area contributed by atoms with Crippen LogP contribution in [0.1, 0.15) is 41.5 Å². The van der Waals surface area contributed by atoms with Crippen molar-refractivity contribution in [1.82, 2.24) is 20.1 Å². The summed E-state index contributed by atoms with van der Waals surface area (Å²) in [6.07, 6.45) is 5.34. The second-order valence-corrected chi connectivity index (χ2v) is 5.99. The molecule has 0 radical (unpaired) electrons. The Bertz CT molecular complexity index is 627. The maximum absolute atomic E-state index is 12.6. The molecule has 1 fully saturated rings. The molecule has 1 N–H and O–H groups in total. The van der Waals surface area contributed by atoms with Crippen LogP contribution < -0.4 is 0 Å². The molecule has 0 aliphatic carbocycles. The summed E-state index contributed by atoms with van der Waals surface area (Å²) < 4.78 is 0. The van der Waals surface area contributed by atoms with Crippen molar-refractivity contribution in [2.24, 2.45) is 0 Å². The van der Waals surface area contributed by atoms with Crippen LogP contribution in [0.3, 0.4) is 0 Å². The van der Waals surface area contributed by atoms with Gasteiger partial charge in [-0.1, -0.05) is 13.0 Å². The molecule has 0 aromatic carbocycles. The Kier molecular flexibility index (Phi) is 3.49. The van der Waals surface area contributed by atoms with Crippen molar-refractivity contribution in [3.63, 3.8) is 0 Å². The number of nitrogens with zero attached hydrogens (tertiary/aromatic N) is 3. The van der Waals surface area contributed by atoms with E-state index in [9.17, 15) is 4.79 Å². The Morgan fingerprint density at radius 3 is 2.67 bits per heavy atom. The van der Waals surface area contributed by atoms with E-state index in [1.807, 2.05) is 30.0 Å². The van der Waals surface area contributed by atoms with E-state index in [2.05, 4.69) is 22.1 Å². The van der Waals surface area contributed by atoms with E-state index >= 15 is 0 Å². The number of rotatable bonds is 2. The molecule has 1 saturated heterocycles. The minimum absolute atomic E-state index is 0.0414. The van der Waals surface area contributed by atoms with Gasteiger partial charge in [0.25, 0.3) is 5.91 Å². The number of amides is 1. The third-order valence-corrected chi connectivity index (χ3v) is 4.52. The van der Waals surface area contributed by atoms with E-state index in [1.54, 1.807) is 12.4 Å². The molecule has 21 heavy (non-hydrogen) atoms. The zero-order valence-corrected chi connectivity index (χ0v) is 12.5. The molecular weight excluding hydrogens is 264 g/mol. The van der Waals surface area contributed by atoms with Crippen LogP contribution in [0.4, 0.5) is 0 Å². The Morgan fingerprint density at radius 2 is 2.05 bits per heavy atom. The number of H-pyrrole nitrogens is 1. The highest BCUT2D eigenvalue weighted by atomic mass is 16.2. The Balaban J connectivity index is 1.72. The molecule has 1 aliphatic rings. The highest BCUT2D eigenvalue weighted by Crippen LogP contribution is 2.34. The third kappa shape index (κ3) is 2.55. The van der Waals surface area contributed by atoms with Crippen LogP contribution in [-0.4, -0.2) is 39.1 Å². The summed E-state index contributed by atoms with van der Waals surface area (Å²) in [6, 6.07) is 5.82. The molecule has 5 heteroatoms. The predicted octanol–water partition coefficient (Wildman–Crippen LogP) is 2.31. The smallest absolute Gasteiger partial charge is 0.272 e. The average molecular weight is 284 g/mol. The van der Waals surface area contributed by atoms with Crippen LogP contribution in [-0.2, 0) is 5.41 Å². The fourth-order valence-electron chi connectivity index (χ4n) is 2.92.